The highest BCUT2D eigenvalue weighted by atomic mass is 16.4. The van der Waals surface area contributed by atoms with E-state index in [1.165, 1.54) is 0 Å². The fourth-order valence-corrected chi connectivity index (χ4v) is 2.64. The number of carboxylic acids is 1. The number of likely N-dealkylation sites (tertiary alicyclic amines) is 1. The summed E-state index contributed by atoms with van der Waals surface area (Å²) in [6.07, 6.45) is 2.37. The van der Waals surface area contributed by atoms with Gasteiger partial charge in [0.05, 0.1) is 0 Å². The number of amides is 1. The van der Waals surface area contributed by atoms with E-state index < -0.39 is 5.97 Å². The van der Waals surface area contributed by atoms with E-state index in [0.717, 1.165) is 25.9 Å². The lowest BCUT2D eigenvalue weighted by atomic mass is 9.55. The molecule has 4 heteroatoms. The minimum atomic E-state index is -0.713. The van der Waals surface area contributed by atoms with E-state index in [1.807, 2.05) is 0 Å². The van der Waals surface area contributed by atoms with Crippen LogP contribution in [0.25, 0.3) is 0 Å². The summed E-state index contributed by atoms with van der Waals surface area (Å²) in [5, 5.41) is 8.70. The van der Waals surface area contributed by atoms with E-state index in [4.69, 9.17) is 5.11 Å². The molecule has 1 atom stereocenters. The Morgan fingerprint density at radius 2 is 2.14 bits per heavy atom. The third kappa shape index (κ3) is 1.29. The van der Waals surface area contributed by atoms with Gasteiger partial charge in [-0.2, -0.15) is 0 Å². The fourth-order valence-electron chi connectivity index (χ4n) is 2.64. The minimum absolute atomic E-state index is 0.108. The molecule has 1 saturated carbocycles. The number of hydrogen-bond donors (Lipinski definition) is 1. The largest absolute Gasteiger partial charge is 0.481 e. The van der Waals surface area contributed by atoms with Crippen LogP contribution in [-0.2, 0) is 9.59 Å². The Kier molecular flexibility index (Phi) is 2.01. The maximum Gasteiger partial charge on any atom is 0.303 e. The summed E-state index contributed by atoms with van der Waals surface area (Å²) < 4.78 is 0. The van der Waals surface area contributed by atoms with Crippen LogP contribution in [0, 0.1) is 11.3 Å². The lowest BCUT2D eigenvalue weighted by Crippen LogP contribution is -2.65. The summed E-state index contributed by atoms with van der Waals surface area (Å²) in [6.45, 7) is 3.12. The van der Waals surface area contributed by atoms with E-state index >= 15 is 0 Å². The molecular formula is C10H15NO3. The molecule has 2 rings (SSSR count). The van der Waals surface area contributed by atoms with Gasteiger partial charge in [-0.05, 0) is 18.8 Å². The van der Waals surface area contributed by atoms with Crippen molar-refractivity contribution in [2.75, 3.05) is 13.1 Å². The van der Waals surface area contributed by atoms with Gasteiger partial charge in [0.15, 0.2) is 0 Å². The van der Waals surface area contributed by atoms with Gasteiger partial charge in [0, 0.05) is 31.8 Å². The van der Waals surface area contributed by atoms with Crippen LogP contribution in [0.15, 0.2) is 0 Å². The highest BCUT2D eigenvalue weighted by molar-refractivity contribution is 5.74. The predicted octanol–water partition coefficient (Wildman–Crippen LogP) is 0.720. The quantitative estimate of drug-likeness (QED) is 0.709. The molecule has 0 aromatic carbocycles. The van der Waals surface area contributed by atoms with Crippen molar-refractivity contribution in [1.82, 2.24) is 4.90 Å². The number of carbonyl (C=O) groups is 2. The van der Waals surface area contributed by atoms with Gasteiger partial charge < -0.3 is 10.0 Å². The molecule has 1 unspecified atom stereocenters. The molecule has 0 radical (unpaired) electrons. The number of rotatable bonds is 2. The van der Waals surface area contributed by atoms with E-state index in [2.05, 4.69) is 0 Å². The summed E-state index contributed by atoms with van der Waals surface area (Å²) in [5.41, 5.74) is 0.171. The van der Waals surface area contributed by atoms with Gasteiger partial charge in [-0.1, -0.05) is 0 Å². The van der Waals surface area contributed by atoms with Crippen LogP contribution in [0.2, 0.25) is 0 Å². The van der Waals surface area contributed by atoms with Crippen LogP contribution in [0.1, 0.15) is 26.2 Å². The van der Waals surface area contributed by atoms with Crippen molar-refractivity contribution in [3.8, 4) is 0 Å². The molecule has 0 aromatic rings. The molecule has 0 aromatic heterocycles. The molecular weight excluding hydrogens is 182 g/mol. The standard InChI is InChI=1S/C10H15NO3/c1-7(12)11-5-10(6-11)3-2-8(10)4-9(13)14/h8H,2-6H2,1H3,(H,13,14). The third-order valence-corrected chi connectivity index (χ3v) is 3.73. The molecule has 0 bridgehead atoms. The van der Waals surface area contributed by atoms with Gasteiger partial charge in [-0.25, -0.2) is 0 Å². The molecule has 1 aliphatic carbocycles. The van der Waals surface area contributed by atoms with E-state index in [9.17, 15) is 9.59 Å². The van der Waals surface area contributed by atoms with Crippen LogP contribution in [-0.4, -0.2) is 35.0 Å². The first-order valence-electron chi connectivity index (χ1n) is 5.01. The summed E-state index contributed by atoms with van der Waals surface area (Å²) in [7, 11) is 0. The van der Waals surface area contributed by atoms with Crippen LogP contribution in [0.3, 0.4) is 0 Å². The molecule has 2 fully saturated rings. The molecule has 4 nitrogen and oxygen atoms in total. The van der Waals surface area contributed by atoms with Crippen LogP contribution >= 0.6 is 0 Å². The summed E-state index contributed by atoms with van der Waals surface area (Å²) in [4.78, 5) is 23.4. The Labute approximate surface area is 82.9 Å². The van der Waals surface area contributed by atoms with E-state index in [1.54, 1.807) is 11.8 Å². The molecule has 1 saturated heterocycles. The lowest BCUT2D eigenvalue weighted by molar-refractivity contribution is -0.163. The number of carboxylic acid groups (broad SMARTS) is 1. The SMILES string of the molecule is CC(=O)N1CC2(CCC2CC(=O)O)C1. The maximum atomic E-state index is 11.0. The summed E-state index contributed by atoms with van der Waals surface area (Å²) >= 11 is 0. The van der Waals surface area contributed by atoms with Gasteiger partial charge in [-0.15, -0.1) is 0 Å². The second-order valence-corrected chi connectivity index (χ2v) is 4.57. The second-order valence-electron chi connectivity index (χ2n) is 4.57. The van der Waals surface area contributed by atoms with Gasteiger partial charge in [0.1, 0.15) is 0 Å². The number of hydrogen-bond acceptors (Lipinski definition) is 2. The van der Waals surface area contributed by atoms with Crippen molar-refractivity contribution in [2.24, 2.45) is 11.3 Å². The van der Waals surface area contributed by atoms with Gasteiger partial charge in [0.2, 0.25) is 5.91 Å². The molecule has 1 N–H and O–H groups in total. The number of nitrogens with zero attached hydrogens (tertiary/aromatic N) is 1. The second kappa shape index (κ2) is 2.97. The highest BCUT2D eigenvalue weighted by Crippen LogP contribution is 2.54. The van der Waals surface area contributed by atoms with E-state index in [-0.39, 0.29) is 17.7 Å². The highest BCUT2D eigenvalue weighted by Gasteiger charge is 2.55. The zero-order valence-corrected chi connectivity index (χ0v) is 8.32. The molecule has 2 aliphatic rings. The first kappa shape index (κ1) is 9.49. The summed E-state index contributed by atoms with van der Waals surface area (Å²) in [5.74, 6) is -0.303. The Bertz CT molecular complexity index is 281. The molecule has 1 amide bonds. The fraction of sp³-hybridized carbons (Fsp3) is 0.800. The zero-order valence-electron chi connectivity index (χ0n) is 8.32. The van der Waals surface area contributed by atoms with Gasteiger partial charge >= 0.3 is 5.97 Å². The van der Waals surface area contributed by atoms with Crippen molar-refractivity contribution in [1.29, 1.82) is 0 Å². The Hall–Kier alpha value is -1.06. The average Bonchev–Trinajstić information content (AvgIpc) is 1.95. The van der Waals surface area contributed by atoms with Gasteiger partial charge in [0.25, 0.3) is 0 Å². The van der Waals surface area contributed by atoms with Crippen molar-refractivity contribution in [2.45, 2.75) is 26.2 Å². The Morgan fingerprint density at radius 1 is 1.50 bits per heavy atom. The Morgan fingerprint density at radius 3 is 2.50 bits per heavy atom. The van der Waals surface area contributed by atoms with Crippen molar-refractivity contribution in [3.05, 3.63) is 0 Å². The van der Waals surface area contributed by atoms with E-state index in [0.29, 0.717) is 5.92 Å². The van der Waals surface area contributed by atoms with Crippen LogP contribution in [0.5, 0.6) is 0 Å². The predicted molar refractivity (Wildman–Crippen MR) is 49.7 cm³/mol. The van der Waals surface area contributed by atoms with Crippen LogP contribution < -0.4 is 0 Å². The van der Waals surface area contributed by atoms with Gasteiger partial charge in [-0.3, -0.25) is 9.59 Å². The number of aliphatic carboxylic acids is 1. The normalized spacial score (nSPS) is 28.1. The first-order valence-corrected chi connectivity index (χ1v) is 5.01. The monoisotopic (exact) mass is 197 g/mol. The lowest BCUT2D eigenvalue weighted by Gasteiger charge is -2.60. The maximum absolute atomic E-state index is 11.0. The first-order chi connectivity index (χ1) is 6.53. The smallest absolute Gasteiger partial charge is 0.303 e. The van der Waals surface area contributed by atoms with Crippen molar-refractivity contribution >= 4 is 11.9 Å². The Balaban J connectivity index is 1.89. The average molecular weight is 197 g/mol. The third-order valence-electron chi connectivity index (χ3n) is 3.73. The van der Waals surface area contributed by atoms with Crippen molar-refractivity contribution < 1.29 is 14.7 Å². The molecule has 78 valence electrons. The molecule has 1 spiro atoms. The van der Waals surface area contributed by atoms with Crippen molar-refractivity contribution in [3.63, 3.8) is 0 Å². The number of carbonyl (C=O) groups excluding carboxylic acids is 1. The van der Waals surface area contributed by atoms with Crippen LogP contribution in [0.4, 0.5) is 0 Å². The zero-order chi connectivity index (χ0) is 10.3. The topological polar surface area (TPSA) is 57.6 Å². The molecule has 14 heavy (non-hydrogen) atoms. The molecule has 1 heterocycles. The minimum Gasteiger partial charge on any atom is -0.481 e. The molecule has 1 aliphatic heterocycles. The summed E-state index contributed by atoms with van der Waals surface area (Å²) in [6, 6.07) is 0.